The van der Waals surface area contributed by atoms with Crippen molar-refractivity contribution in [2.75, 3.05) is 5.75 Å². The van der Waals surface area contributed by atoms with Crippen LogP contribution in [0.2, 0.25) is 5.02 Å². The first kappa shape index (κ1) is 23.7. The Labute approximate surface area is 194 Å². The minimum Gasteiger partial charge on any atom is -0.352 e. The number of benzene rings is 2. The lowest BCUT2D eigenvalue weighted by Gasteiger charge is -2.31. The third-order valence-corrected chi connectivity index (χ3v) is 6.96. The largest absolute Gasteiger partial charge is 0.352 e. The van der Waals surface area contributed by atoms with Crippen molar-refractivity contribution in [2.24, 2.45) is 0 Å². The van der Waals surface area contributed by atoms with Gasteiger partial charge in [-0.2, -0.15) is 0 Å². The van der Waals surface area contributed by atoms with Crippen molar-refractivity contribution in [3.8, 4) is 0 Å². The summed E-state index contributed by atoms with van der Waals surface area (Å²) in [5, 5.41) is 3.88. The van der Waals surface area contributed by atoms with E-state index in [9.17, 15) is 9.59 Å². The second kappa shape index (κ2) is 12.2. The highest BCUT2D eigenvalue weighted by molar-refractivity contribution is 7.99. The first-order valence-corrected chi connectivity index (χ1v) is 12.5. The number of thioether (sulfide) groups is 1. The van der Waals surface area contributed by atoms with Gasteiger partial charge in [0, 0.05) is 23.4 Å². The van der Waals surface area contributed by atoms with E-state index in [1.54, 1.807) is 16.7 Å². The van der Waals surface area contributed by atoms with Crippen LogP contribution in [-0.2, 0) is 21.9 Å². The average molecular weight is 459 g/mol. The fraction of sp³-hybridized carbons (Fsp3) is 0.440. The first-order valence-electron chi connectivity index (χ1n) is 11.0. The number of rotatable bonds is 9. The monoisotopic (exact) mass is 458 g/mol. The van der Waals surface area contributed by atoms with Crippen LogP contribution < -0.4 is 5.32 Å². The van der Waals surface area contributed by atoms with E-state index in [0.29, 0.717) is 17.3 Å². The fourth-order valence-electron chi connectivity index (χ4n) is 3.85. The Morgan fingerprint density at radius 3 is 2.39 bits per heavy atom. The van der Waals surface area contributed by atoms with Gasteiger partial charge in [0.1, 0.15) is 6.04 Å². The lowest BCUT2D eigenvalue weighted by molar-refractivity contribution is -0.139. The van der Waals surface area contributed by atoms with Crippen LogP contribution in [0.15, 0.2) is 54.6 Å². The molecule has 3 rings (SSSR count). The minimum absolute atomic E-state index is 0.0193. The Kier molecular flexibility index (Phi) is 9.29. The van der Waals surface area contributed by atoms with Gasteiger partial charge in [-0.15, -0.1) is 11.8 Å². The SMILES string of the molecule is CC(C(=O)NC1CCCCC1)N(Cc1ccccc1)C(=O)CSCc1ccc(Cl)cc1. The molecule has 0 bridgehead atoms. The zero-order valence-corrected chi connectivity index (χ0v) is 19.6. The molecule has 1 N–H and O–H groups in total. The van der Waals surface area contributed by atoms with Crippen molar-refractivity contribution in [3.63, 3.8) is 0 Å². The van der Waals surface area contributed by atoms with E-state index in [1.165, 1.54) is 6.42 Å². The molecule has 1 aliphatic carbocycles. The van der Waals surface area contributed by atoms with E-state index in [-0.39, 0.29) is 17.9 Å². The maximum Gasteiger partial charge on any atom is 0.242 e. The second-order valence-corrected chi connectivity index (χ2v) is 9.57. The van der Waals surface area contributed by atoms with Crippen molar-refractivity contribution in [3.05, 3.63) is 70.7 Å². The van der Waals surface area contributed by atoms with Crippen molar-refractivity contribution in [2.45, 2.75) is 63.4 Å². The van der Waals surface area contributed by atoms with Crippen LogP contribution in [0, 0.1) is 0 Å². The number of halogens is 1. The summed E-state index contributed by atoms with van der Waals surface area (Å²) in [5.74, 6) is 0.981. The van der Waals surface area contributed by atoms with Crippen LogP contribution in [0.4, 0.5) is 0 Å². The number of carbonyl (C=O) groups excluding carboxylic acids is 2. The molecule has 0 saturated heterocycles. The van der Waals surface area contributed by atoms with E-state index in [1.807, 2.05) is 61.5 Å². The summed E-state index contributed by atoms with van der Waals surface area (Å²) in [6, 6.07) is 17.2. The van der Waals surface area contributed by atoms with Crippen molar-refractivity contribution in [1.82, 2.24) is 10.2 Å². The van der Waals surface area contributed by atoms with Gasteiger partial charge in [0.2, 0.25) is 11.8 Å². The zero-order chi connectivity index (χ0) is 22.1. The predicted molar refractivity (Wildman–Crippen MR) is 129 cm³/mol. The third-order valence-electron chi connectivity index (χ3n) is 5.72. The van der Waals surface area contributed by atoms with Gasteiger partial charge in [0.05, 0.1) is 5.75 Å². The molecule has 2 aromatic rings. The van der Waals surface area contributed by atoms with Gasteiger partial charge in [-0.3, -0.25) is 9.59 Å². The van der Waals surface area contributed by atoms with Crippen LogP contribution in [0.1, 0.15) is 50.2 Å². The second-order valence-electron chi connectivity index (χ2n) is 8.15. The summed E-state index contributed by atoms with van der Waals surface area (Å²) >= 11 is 7.50. The maximum atomic E-state index is 13.1. The topological polar surface area (TPSA) is 49.4 Å². The molecule has 0 spiro atoms. The van der Waals surface area contributed by atoms with Gasteiger partial charge >= 0.3 is 0 Å². The first-order chi connectivity index (χ1) is 15.0. The van der Waals surface area contributed by atoms with Crippen molar-refractivity contribution >= 4 is 35.2 Å². The number of carbonyl (C=O) groups is 2. The summed E-state index contributed by atoms with van der Waals surface area (Å²) in [5.41, 5.74) is 2.15. The molecule has 6 heteroatoms. The van der Waals surface area contributed by atoms with Crippen molar-refractivity contribution in [1.29, 1.82) is 0 Å². The molecule has 0 aromatic heterocycles. The molecule has 166 valence electrons. The van der Waals surface area contributed by atoms with Crippen LogP contribution in [0.5, 0.6) is 0 Å². The molecule has 2 amide bonds. The minimum atomic E-state index is -0.509. The summed E-state index contributed by atoms with van der Waals surface area (Å²) in [6.45, 7) is 2.27. The Morgan fingerprint density at radius 1 is 1.03 bits per heavy atom. The van der Waals surface area contributed by atoms with E-state index in [4.69, 9.17) is 11.6 Å². The number of hydrogen-bond donors (Lipinski definition) is 1. The molecular weight excluding hydrogens is 428 g/mol. The summed E-state index contributed by atoms with van der Waals surface area (Å²) in [7, 11) is 0. The number of nitrogens with zero attached hydrogens (tertiary/aromatic N) is 1. The smallest absolute Gasteiger partial charge is 0.242 e. The van der Waals surface area contributed by atoms with Crippen LogP contribution in [-0.4, -0.2) is 34.6 Å². The molecule has 1 fully saturated rings. The Balaban J connectivity index is 1.61. The molecule has 0 radical (unpaired) electrons. The lowest BCUT2D eigenvalue weighted by atomic mass is 9.95. The zero-order valence-electron chi connectivity index (χ0n) is 18.1. The molecule has 1 aliphatic rings. The highest BCUT2D eigenvalue weighted by Crippen LogP contribution is 2.20. The standard InChI is InChI=1S/C25H31ClN2O2S/c1-19(25(30)27-23-10-6-3-7-11-23)28(16-20-8-4-2-5-9-20)24(29)18-31-17-21-12-14-22(26)15-13-21/h2,4-5,8-9,12-15,19,23H,3,6-7,10-11,16-18H2,1H3,(H,27,30). The number of hydrogen-bond acceptors (Lipinski definition) is 3. The van der Waals surface area contributed by atoms with E-state index >= 15 is 0 Å². The van der Waals surface area contributed by atoms with Gasteiger partial charge < -0.3 is 10.2 Å². The Bertz CT molecular complexity index is 838. The molecular formula is C25H31ClN2O2S. The summed E-state index contributed by atoms with van der Waals surface area (Å²) in [6.07, 6.45) is 5.62. The van der Waals surface area contributed by atoms with Gasteiger partial charge in [-0.25, -0.2) is 0 Å². The molecule has 2 aromatic carbocycles. The normalized spacial score (nSPS) is 15.3. The molecule has 0 heterocycles. The predicted octanol–water partition coefficient (Wildman–Crippen LogP) is 5.44. The van der Waals surface area contributed by atoms with E-state index in [0.717, 1.165) is 42.6 Å². The number of amides is 2. The van der Waals surface area contributed by atoms with E-state index < -0.39 is 6.04 Å². The average Bonchev–Trinajstić information content (AvgIpc) is 2.79. The number of nitrogens with one attached hydrogen (secondary N) is 1. The third kappa shape index (κ3) is 7.58. The lowest BCUT2D eigenvalue weighted by Crippen LogP contribution is -2.50. The van der Waals surface area contributed by atoms with Gasteiger partial charge in [-0.05, 0) is 43.0 Å². The quantitative estimate of drug-likeness (QED) is 0.544. The molecule has 1 atom stereocenters. The van der Waals surface area contributed by atoms with Gasteiger partial charge in [0.15, 0.2) is 0 Å². The Hall–Kier alpha value is -1.98. The van der Waals surface area contributed by atoms with Crippen LogP contribution in [0.25, 0.3) is 0 Å². The highest BCUT2D eigenvalue weighted by atomic mass is 35.5. The molecule has 1 saturated carbocycles. The van der Waals surface area contributed by atoms with Gasteiger partial charge in [-0.1, -0.05) is 73.3 Å². The van der Waals surface area contributed by atoms with Gasteiger partial charge in [0.25, 0.3) is 0 Å². The van der Waals surface area contributed by atoms with Crippen molar-refractivity contribution < 1.29 is 9.59 Å². The molecule has 31 heavy (non-hydrogen) atoms. The fourth-order valence-corrected chi connectivity index (χ4v) is 4.85. The summed E-state index contributed by atoms with van der Waals surface area (Å²) in [4.78, 5) is 27.8. The van der Waals surface area contributed by atoms with Crippen LogP contribution >= 0.6 is 23.4 Å². The molecule has 4 nitrogen and oxygen atoms in total. The van der Waals surface area contributed by atoms with E-state index in [2.05, 4.69) is 5.32 Å². The highest BCUT2D eigenvalue weighted by Gasteiger charge is 2.27. The Morgan fingerprint density at radius 2 is 1.71 bits per heavy atom. The molecule has 1 unspecified atom stereocenters. The van der Waals surface area contributed by atoms with Crippen LogP contribution in [0.3, 0.4) is 0 Å². The molecule has 0 aliphatic heterocycles. The maximum absolute atomic E-state index is 13.1. The summed E-state index contributed by atoms with van der Waals surface area (Å²) < 4.78 is 0.